The van der Waals surface area contributed by atoms with E-state index in [0.717, 1.165) is 5.75 Å². The first-order valence-electron chi connectivity index (χ1n) is 8.34. The number of nitro benzene ring substituents is 1. The maximum Gasteiger partial charge on any atom is 0.294 e. The maximum atomic E-state index is 12.4. The lowest BCUT2D eigenvalue weighted by Crippen LogP contribution is -2.49. The van der Waals surface area contributed by atoms with Crippen LogP contribution in [0.1, 0.15) is 6.42 Å². The first-order valence-corrected chi connectivity index (χ1v) is 9.70. The third kappa shape index (κ3) is 4.21. The second-order valence-electron chi connectivity index (χ2n) is 6.11. The van der Waals surface area contributed by atoms with E-state index in [9.17, 15) is 19.7 Å². The number of amides is 2. The Balaban J connectivity index is 1.55. The largest absolute Gasteiger partial charge is 0.362 e. The Bertz CT molecular complexity index is 724. The summed E-state index contributed by atoms with van der Waals surface area (Å²) in [6.07, 6.45) is 0.313. The number of nitro groups is 1. The van der Waals surface area contributed by atoms with Crippen LogP contribution in [0, 0.1) is 10.1 Å². The molecule has 0 bridgehead atoms. The smallest absolute Gasteiger partial charge is 0.294 e. The van der Waals surface area contributed by atoms with Gasteiger partial charge in [-0.25, -0.2) is 0 Å². The summed E-state index contributed by atoms with van der Waals surface area (Å²) in [6.45, 7) is 3.19. The molecular weight excluding hydrogens is 380 g/mol. The number of rotatable bonds is 5. The van der Waals surface area contributed by atoms with Gasteiger partial charge in [-0.1, -0.05) is 23.4 Å². The van der Waals surface area contributed by atoms with Crippen LogP contribution < -0.4 is 4.90 Å². The van der Waals surface area contributed by atoms with Gasteiger partial charge in [-0.3, -0.25) is 19.7 Å². The van der Waals surface area contributed by atoms with E-state index in [2.05, 4.69) is 0 Å². The van der Waals surface area contributed by atoms with Crippen molar-refractivity contribution < 1.29 is 14.5 Å². The van der Waals surface area contributed by atoms with Gasteiger partial charge >= 0.3 is 0 Å². The van der Waals surface area contributed by atoms with Crippen molar-refractivity contribution in [1.82, 2.24) is 9.80 Å². The molecular formula is C16H19ClN4O4S. The van der Waals surface area contributed by atoms with E-state index in [1.807, 2.05) is 4.90 Å². The summed E-state index contributed by atoms with van der Waals surface area (Å²) in [5, 5.41) is 11.6. The van der Waals surface area contributed by atoms with Gasteiger partial charge in [0.05, 0.1) is 4.92 Å². The number of thioether (sulfide) groups is 1. The van der Waals surface area contributed by atoms with Gasteiger partial charge in [-0.2, -0.15) is 0 Å². The van der Waals surface area contributed by atoms with Crippen LogP contribution in [0.2, 0.25) is 5.02 Å². The van der Waals surface area contributed by atoms with Crippen molar-refractivity contribution in [3.8, 4) is 0 Å². The molecule has 2 saturated heterocycles. The molecule has 2 fully saturated rings. The summed E-state index contributed by atoms with van der Waals surface area (Å²) in [5.74, 6) is 0.797. The first-order chi connectivity index (χ1) is 12.5. The highest BCUT2D eigenvalue weighted by Crippen LogP contribution is 2.31. The van der Waals surface area contributed by atoms with Gasteiger partial charge in [-0.05, 0) is 12.1 Å². The van der Waals surface area contributed by atoms with Gasteiger partial charge in [0.25, 0.3) is 10.9 Å². The lowest BCUT2D eigenvalue weighted by molar-refractivity contribution is -0.384. The highest BCUT2D eigenvalue weighted by molar-refractivity contribution is 8.13. The molecule has 2 aliphatic rings. The molecule has 0 saturated carbocycles. The summed E-state index contributed by atoms with van der Waals surface area (Å²) in [5.41, 5.74) is 0.494. The molecule has 2 heterocycles. The molecule has 0 radical (unpaired) electrons. The molecule has 0 N–H and O–H groups in total. The number of carbonyl (C=O) groups is 2. The summed E-state index contributed by atoms with van der Waals surface area (Å²) < 4.78 is 0. The molecule has 0 aromatic heterocycles. The van der Waals surface area contributed by atoms with E-state index in [1.165, 1.54) is 17.8 Å². The Morgan fingerprint density at radius 1 is 1.23 bits per heavy atom. The van der Waals surface area contributed by atoms with Crippen molar-refractivity contribution in [2.45, 2.75) is 6.42 Å². The molecule has 10 heteroatoms. The number of hydrogen-bond donors (Lipinski definition) is 0. The first kappa shape index (κ1) is 18.8. The summed E-state index contributed by atoms with van der Waals surface area (Å²) in [7, 11) is 0. The molecule has 0 aliphatic carbocycles. The number of carbonyl (C=O) groups excluding carboxylic acids is 2. The minimum Gasteiger partial charge on any atom is -0.362 e. The Morgan fingerprint density at radius 3 is 2.58 bits per heavy atom. The minimum atomic E-state index is -0.441. The predicted octanol–water partition coefficient (Wildman–Crippen LogP) is 2.46. The van der Waals surface area contributed by atoms with Crippen LogP contribution in [0.25, 0.3) is 0 Å². The third-order valence-electron chi connectivity index (χ3n) is 4.55. The number of nitrogens with zero attached hydrogens (tertiary/aromatic N) is 4. The van der Waals surface area contributed by atoms with E-state index < -0.39 is 4.92 Å². The SMILES string of the molecule is O=C(CCN1CCSC1=O)N1CCN(c2ccc(Cl)cc2[N+](=O)[O-])CC1. The molecule has 0 unspecified atom stereocenters. The Labute approximate surface area is 160 Å². The van der Waals surface area contributed by atoms with Crippen molar-refractivity contribution in [3.05, 3.63) is 33.3 Å². The summed E-state index contributed by atoms with van der Waals surface area (Å²) >= 11 is 7.14. The fraction of sp³-hybridized carbons (Fsp3) is 0.500. The second-order valence-corrected chi connectivity index (χ2v) is 7.59. The third-order valence-corrected chi connectivity index (χ3v) is 5.67. The van der Waals surface area contributed by atoms with Crippen LogP contribution >= 0.6 is 23.4 Å². The average Bonchev–Trinajstić information content (AvgIpc) is 3.04. The standard InChI is InChI=1S/C16H19ClN4O4S/c17-12-1-2-13(14(11-12)21(24)25)18-5-7-19(8-6-18)15(22)3-4-20-9-10-26-16(20)23/h1-2,11H,3-10H2. The number of hydrogen-bond acceptors (Lipinski definition) is 6. The van der Waals surface area contributed by atoms with Crippen LogP contribution in [0.5, 0.6) is 0 Å². The number of benzene rings is 1. The molecule has 140 valence electrons. The van der Waals surface area contributed by atoms with Crippen LogP contribution in [0.15, 0.2) is 18.2 Å². The van der Waals surface area contributed by atoms with Crippen LogP contribution in [0.3, 0.4) is 0 Å². The Hall–Kier alpha value is -2.00. The van der Waals surface area contributed by atoms with E-state index in [4.69, 9.17) is 11.6 Å². The van der Waals surface area contributed by atoms with Gasteiger partial charge < -0.3 is 14.7 Å². The predicted molar refractivity (Wildman–Crippen MR) is 101 cm³/mol. The molecule has 26 heavy (non-hydrogen) atoms. The van der Waals surface area contributed by atoms with E-state index in [1.54, 1.807) is 21.9 Å². The van der Waals surface area contributed by atoms with E-state index in [0.29, 0.717) is 56.4 Å². The number of piperazine rings is 1. The molecule has 2 aliphatic heterocycles. The van der Waals surface area contributed by atoms with Crippen LogP contribution in [0.4, 0.5) is 16.2 Å². The van der Waals surface area contributed by atoms with Gasteiger partial charge in [-0.15, -0.1) is 0 Å². The topological polar surface area (TPSA) is 87.0 Å². The van der Waals surface area contributed by atoms with E-state index >= 15 is 0 Å². The van der Waals surface area contributed by atoms with Crippen molar-refractivity contribution in [2.75, 3.05) is 49.9 Å². The normalized spacial score (nSPS) is 17.7. The molecule has 1 aromatic carbocycles. The zero-order valence-electron chi connectivity index (χ0n) is 14.1. The Kier molecular flexibility index (Phi) is 5.87. The molecule has 3 rings (SSSR count). The lowest BCUT2D eigenvalue weighted by Gasteiger charge is -2.36. The highest BCUT2D eigenvalue weighted by atomic mass is 35.5. The van der Waals surface area contributed by atoms with Gasteiger partial charge in [0.2, 0.25) is 5.91 Å². The molecule has 2 amide bonds. The summed E-state index contributed by atoms with van der Waals surface area (Å²) in [6, 6.07) is 4.63. The van der Waals surface area contributed by atoms with Crippen LogP contribution in [-0.4, -0.2) is 70.9 Å². The molecule has 1 aromatic rings. The zero-order chi connectivity index (χ0) is 18.7. The average molecular weight is 399 g/mol. The molecule has 8 nitrogen and oxygen atoms in total. The van der Waals surface area contributed by atoms with Gasteiger partial charge in [0, 0.05) is 62.5 Å². The Morgan fingerprint density at radius 2 is 1.96 bits per heavy atom. The molecule has 0 atom stereocenters. The molecule has 0 spiro atoms. The number of anilines is 1. The summed E-state index contributed by atoms with van der Waals surface area (Å²) in [4.78, 5) is 40.1. The monoisotopic (exact) mass is 398 g/mol. The van der Waals surface area contributed by atoms with Gasteiger partial charge in [0.1, 0.15) is 5.69 Å². The second kappa shape index (κ2) is 8.13. The quantitative estimate of drug-likeness (QED) is 0.559. The van der Waals surface area contributed by atoms with E-state index in [-0.39, 0.29) is 16.8 Å². The highest BCUT2D eigenvalue weighted by Gasteiger charge is 2.27. The fourth-order valence-corrected chi connectivity index (χ4v) is 4.14. The maximum absolute atomic E-state index is 12.4. The lowest BCUT2D eigenvalue weighted by atomic mass is 10.2. The van der Waals surface area contributed by atoms with Crippen molar-refractivity contribution in [3.63, 3.8) is 0 Å². The van der Waals surface area contributed by atoms with Crippen molar-refractivity contribution in [1.29, 1.82) is 0 Å². The minimum absolute atomic E-state index is 0.0138. The zero-order valence-corrected chi connectivity index (χ0v) is 15.7. The van der Waals surface area contributed by atoms with Crippen molar-refractivity contribution in [2.24, 2.45) is 0 Å². The van der Waals surface area contributed by atoms with Gasteiger partial charge in [0.15, 0.2) is 0 Å². The van der Waals surface area contributed by atoms with Crippen molar-refractivity contribution >= 4 is 45.9 Å². The number of halogens is 1. The van der Waals surface area contributed by atoms with Crippen LogP contribution in [-0.2, 0) is 4.79 Å². The fourth-order valence-electron chi connectivity index (χ4n) is 3.12.